The van der Waals surface area contributed by atoms with E-state index < -0.39 is 4.92 Å². The summed E-state index contributed by atoms with van der Waals surface area (Å²) in [7, 11) is 0. The highest BCUT2D eigenvalue weighted by atomic mass is 16.6. The average Bonchev–Trinajstić information content (AvgIpc) is 3.03. The van der Waals surface area contributed by atoms with Gasteiger partial charge in [0, 0.05) is 11.5 Å². The molecule has 3 aromatic rings. The summed E-state index contributed by atoms with van der Waals surface area (Å²) >= 11 is 0. The van der Waals surface area contributed by atoms with E-state index >= 15 is 0 Å². The Labute approximate surface area is 129 Å². The van der Waals surface area contributed by atoms with Crippen LogP contribution in [0.25, 0.3) is 10.9 Å². The van der Waals surface area contributed by atoms with Gasteiger partial charge in [-0.1, -0.05) is 12.1 Å². The molecule has 0 saturated heterocycles. The summed E-state index contributed by atoms with van der Waals surface area (Å²) in [5, 5.41) is 39.8. The van der Waals surface area contributed by atoms with Crippen LogP contribution in [0.3, 0.4) is 0 Å². The van der Waals surface area contributed by atoms with Crippen molar-refractivity contribution in [3.05, 3.63) is 57.8 Å². The van der Waals surface area contributed by atoms with E-state index in [9.17, 15) is 10.1 Å². The largest absolute Gasteiger partial charge is 0.348 e. The third kappa shape index (κ3) is 2.41. The van der Waals surface area contributed by atoms with Crippen LogP contribution in [0.15, 0.2) is 36.5 Å². The summed E-state index contributed by atoms with van der Waals surface area (Å²) in [6.45, 7) is 0. The minimum absolute atomic E-state index is 0.0375. The lowest BCUT2D eigenvalue weighted by molar-refractivity contribution is -0.383. The number of para-hydroxylation sites is 1. The topological polar surface area (TPSA) is 131 Å². The van der Waals surface area contributed by atoms with Crippen molar-refractivity contribution in [2.75, 3.05) is 5.32 Å². The number of hydrogen-bond donors (Lipinski definition) is 2. The van der Waals surface area contributed by atoms with Gasteiger partial charge in [0.15, 0.2) is 0 Å². The van der Waals surface area contributed by atoms with Crippen molar-refractivity contribution < 1.29 is 4.92 Å². The van der Waals surface area contributed by atoms with Crippen LogP contribution in [0, 0.1) is 32.8 Å². The second-order valence-electron chi connectivity index (χ2n) is 4.66. The van der Waals surface area contributed by atoms with Crippen LogP contribution in [-0.2, 0) is 0 Å². The number of aromatic nitrogens is 2. The number of H-pyrrole nitrogens is 1. The molecule has 0 fully saturated rings. The van der Waals surface area contributed by atoms with Crippen LogP contribution in [0.2, 0.25) is 0 Å². The highest BCUT2D eigenvalue weighted by molar-refractivity contribution is 5.92. The van der Waals surface area contributed by atoms with Gasteiger partial charge in [-0.05, 0) is 12.1 Å². The number of hydrogen-bond acceptors (Lipinski definition) is 6. The van der Waals surface area contributed by atoms with Crippen molar-refractivity contribution in [3.8, 4) is 12.1 Å². The molecule has 0 aliphatic carbocycles. The number of anilines is 2. The molecule has 110 valence electrons. The second-order valence-corrected chi connectivity index (χ2v) is 4.66. The molecule has 0 spiro atoms. The Balaban J connectivity index is 2.16. The number of benzene rings is 2. The van der Waals surface area contributed by atoms with Gasteiger partial charge in [-0.2, -0.15) is 15.6 Å². The van der Waals surface area contributed by atoms with Crippen LogP contribution in [0.5, 0.6) is 0 Å². The molecule has 23 heavy (non-hydrogen) atoms. The van der Waals surface area contributed by atoms with Gasteiger partial charge in [-0.25, -0.2) is 0 Å². The molecule has 2 N–H and O–H groups in total. The maximum Gasteiger partial charge on any atom is 0.294 e. The first-order valence-corrected chi connectivity index (χ1v) is 6.46. The molecule has 0 radical (unpaired) electrons. The SMILES string of the molecule is N#Cc1cc(Nc2cccc3cn[nH]c23)c([N+](=O)[O-])cc1C#N. The quantitative estimate of drug-likeness (QED) is 0.564. The number of nitro benzene ring substituents is 1. The Morgan fingerprint density at radius 2 is 1.91 bits per heavy atom. The molecule has 0 atom stereocenters. The van der Waals surface area contributed by atoms with E-state index in [0.717, 1.165) is 11.5 Å². The Morgan fingerprint density at radius 1 is 1.17 bits per heavy atom. The van der Waals surface area contributed by atoms with Gasteiger partial charge in [0.25, 0.3) is 5.69 Å². The Morgan fingerprint density at radius 3 is 2.61 bits per heavy atom. The fraction of sp³-hybridized carbons (Fsp3) is 0. The minimum Gasteiger partial charge on any atom is -0.348 e. The number of nitrogens with zero attached hydrogens (tertiary/aromatic N) is 4. The van der Waals surface area contributed by atoms with Gasteiger partial charge in [-0.15, -0.1) is 0 Å². The first kappa shape index (κ1) is 14.0. The lowest BCUT2D eigenvalue weighted by Gasteiger charge is -2.09. The molecule has 8 nitrogen and oxygen atoms in total. The molecular formula is C15H8N6O2. The van der Waals surface area contributed by atoms with E-state index in [2.05, 4.69) is 15.5 Å². The van der Waals surface area contributed by atoms with Gasteiger partial charge in [-0.3, -0.25) is 15.2 Å². The standard InChI is InChI=1S/C15H8N6O2/c16-6-10-4-13(14(21(22)23)5-11(10)7-17)19-12-3-1-2-9-8-18-20-15(9)12/h1-5,8,19H,(H,18,20). The molecule has 0 bridgehead atoms. The van der Waals surface area contributed by atoms with Crippen LogP contribution in [0.4, 0.5) is 17.1 Å². The Kier molecular flexibility index (Phi) is 3.34. The maximum absolute atomic E-state index is 11.2. The van der Waals surface area contributed by atoms with E-state index in [4.69, 9.17) is 10.5 Å². The molecule has 2 aromatic carbocycles. The fourth-order valence-electron chi connectivity index (χ4n) is 2.24. The lowest BCUT2D eigenvalue weighted by atomic mass is 10.1. The van der Waals surface area contributed by atoms with E-state index in [1.807, 2.05) is 12.1 Å². The summed E-state index contributed by atoms with van der Waals surface area (Å²) in [5.74, 6) is 0. The third-order valence-electron chi connectivity index (χ3n) is 3.32. The van der Waals surface area contributed by atoms with Crippen molar-refractivity contribution >= 4 is 28.0 Å². The predicted octanol–water partition coefficient (Wildman–Crippen LogP) is 2.96. The summed E-state index contributed by atoms with van der Waals surface area (Å²) in [6, 6.07) is 11.4. The number of fused-ring (bicyclic) bond motifs is 1. The zero-order valence-electron chi connectivity index (χ0n) is 11.6. The lowest BCUT2D eigenvalue weighted by Crippen LogP contribution is -2.00. The molecule has 1 heterocycles. The Bertz CT molecular complexity index is 1010. The molecule has 0 amide bonds. The van der Waals surface area contributed by atoms with Gasteiger partial charge in [0.05, 0.1) is 33.5 Å². The Hall–Kier alpha value is -3.91. The normalized spacial score (nSPS) is 10.0. The van der Waals surface area contributed by atoms with E-state index in [1.165, 1.54) is 6.07 Å². The molecule has 0 unspecified atom stereocenters. The van der Waals surface area contributed by atoms with Crippen molar-refractivity contribution in [3.63, 3.8) is 0 Å². The molecule has 0 aliphatic heterocycles. The van der Waals surface area contributed by atoms with Crippen molar-refractivity contribution in [1.29, 1.82) is 10.5 Å². The highest BCUT2D eigenvalue weighted by Gasteiger charge is 2.19. The minimum atomic E-state index is -0.600. The van der Waals surface area contributed by atoms with Gasteiger partial charge in [0.2, 0.25) is 0 Å². The maximum atomic E-state index is 11.2. The smallest absolute Gasteiger partial charge is 0.294 e. The zero-order chi connectivity index (χ0) is 16.4. The highest BCUT2D eigenvalue weighted by Crippen LogP contribution is 2.32. The van der Waals surface area contributed by atoms with Crippen molar-refractivity contribution in [2.24, 2.45) is 0 Å². The number of aromatic amines is 1. The molecule has 0 saturated carbocycles. The van der Waals surface area contributed by atoms with Crippen LogP contribution < -0.4 is 5.32 Å². The molecule has 0 aliphatic rings. The second kappa shape index (κ2) is 5.47. The van der Waals surface area contributed by atoms with Crippen LogP contribution in [0.1, 0.15) is 11.1 Å². The molecular weight excluding hydrogens is 296 g/mol. The van der Waals surface area contributed by atoms with Crippen molar-refractivity contribution in [2.45, 2.75) is 0 Å². The van der Waals surface area contributed by atoms with Gasteiger partial charge < -0.3 is 5.32 Å². The molecule has 3 rings (SSSR count). The third-order valence-corrected chi connectivity index (χ3v) is 3.32. The number of rotatable bonds is 3. The van der Waals surface area contributed by atoms with E-state index in [0.29, 0.717) is 11.2 Å². The molecule has 1 aromatic heterocycles. The summed E-state index contributed by atoms with van der Waals surface area (Å²) in [6.07, 6.45) is 1.63. The number of nitro groups is 1. The van der Waals surface area contributed by atoms with Gasteiger partial charge >= 0.3 is 0 Å². The first-order chi connectivity index (χ1) is 11.1. The number of nitrogens with one attached hydrogen (secondary N) is 2. The monoisotopic (exact) mass is 304 g/mol. The summed E-state index contributed by atoms with van der Waals surface area (Å²) < 4.78 is 0. The zero-order valence-corrected chi connectivity index (χ0v) is 11.6. The van der Waals surface area contributed by atoms with E-state index in [-0.39, 0.29) is 22.5 Å². The van der Waals surface area contributed by atoms with Gasteiger partial charge in [0.1, 0.15) is 17.8 Å². The van der Waals surface area contributed by atoms with Crippen LogP contribution >= 0.6 is 0 Å². The average molecular weight is 304 g/mol. The summed E-state index contributed by atoms with van der Waals surface area (Å²) in [4.78, 5) is 10.6. The fourth-order valence-corrected chi connectivity index (χ4v) is 2.24. The van der Waals surface area contributed by atoms with Crippen LogP contribution in [-0.4, -0.2) is 15.1 Å². The summed E-state index contributed by atoms with van der Waals surface area (Å²) in [5.41, 5.74) is 1.15. The van der Waals surface area contributed by atoms with Crippen molar-refractivity contribution in [1.82, 2.24) is 10.2 Å². The first-order valence-electron chi connectivity index (χ1n) is 6.46. The predicted molar refractivity (Wildman–Crippen MR) is 81.9 cm³/mol. The number of nitriles is 2. The van der Waals surface area contributed by atoms with E-state index in [1.54, 1.807) is 24.4 Å². The molecule has 8 heteroatoms.